The van der Waals surface area contributed by atoms with Crippen molar-refractivity contribution in [3.8, 4) is 5.75 Å². The zero-order valence-electron chi connectivity index (χ0n) is 7.86. The Hall–Kier alpha value is -1.28. The third kappa shape index (κ3) is 2.92. The first-order chi connectivity index (χ1) is 6.24. The molecule has 70 valence electrons. The molecule has 1 rings (SSSR count). The fraction of sp³-hybridized carbons (Fsp3) is 0.273. The summed E-state index contributed by atoms with van der Waals surface area (Å²) >= 11 is 0. The Kier molecular flexibility index (Phi) is 3.53. The Balaban J connectivity index is 2.64. The van der Waals surface area contributed by atoms with Gasteiger partial charge in [0.1, 0.15) is 12.4 Å². The highest BCUT2D eigenvalue weighted by atomic mass is 16.5. The number of nitrogens with two attached hydrogens (primary N) is 1. The van der Waals surface area contributed by atoms with Crippen LogP contribution in [0.25, 0.3) is 0 Å². The van der Waals surface area contributed by atoms with E-state index in [0.29, 0.717) is 6.61 Å². The van der Waals surface area contributed by atoms with Crippen LogP contribution >= 0.6 is 0 Å². The summed E-state index contributed by atoms with van der Waals surface area (Å²) in [5.41, 5.74) is 6.82. The van der Waals surface area contributed by atoms with Gasteiger partial charge in [-0.25, -0.2) is 0 Å². The smallest absolute Gasteiger partial charge is 0.119 e. The van der Waals surface area contributed by atoms with Gasteiger partial charge in [-0.2, -0.15) is 0 Å². The summed E-state index contributed by atoms with van der Waals surface area (Å²) in [7, 11) is 0. The molecule has 1 aromatic rings. The van der Waals surface area contributed by atoms with Gasteiger partial charge in [-0.3, -0.25) is 0 Å². The normalized spacial score (nSPS) is 12.2. The van der Waals surface area contributed by atoms with Crippen LogP contribution in [0.1, 0.15) is 18.5 Å². The molecular weight excluding hydrogens is 162 g/mol. The second-order valence-electron chi connectivity index (χ2n) is 2.96. The van der Waals surface area contributed by atoms with Crippen molar-refractivity contribution in [2.75, 3.05) is 6.61 Å². The summed E-state index contributed by atoms with van der Waals surface area (Å²) in [5.74, 6) is 0.851. The van der Waals surface area contributed by atoms with E-state index >= 15 is 0 Å². The van der Waals surface area contributed by atoms with Gasteiger partial charge in [0.05, 0.1) is 0 Å². The van der Waals surface area contributed by atoms with Crippen molar-refractivity contribution in [1.29, 1.82) is 0 Å². The van der Waals surface area contributed by atoms with Crippen LogP contribution < -0.4 is 10.5 Å². The number of hydrogen-bond acceptors (Lipinski definition) is 2. The predicted molar refractivity (Wildman–Crippen MR) is 54.7 cm³/mol. The highest BCUT2D eigenvalue weighted by Crippen LogP contribution is 2.15. The van der Waals surface area contributed by atoms with Gasteiger partial charge < -0.3 is 10.5 Å². The third-order valence-corrected chi connectivity index (χ3v) is 1.77. The first kappa shape index (κ1) is 9.81. The number of rotatable bonds is 4. The van der Waals surface area contributed by atoms with Crippen molar-refractivity contribution in [3.63, 3.8) is 0 Å². The van der Waals surface area contributed by atoms with E-state index < -0.39 is 0 Å². The molecule has 2 heteroatoms. The van der Waals surface area contributed by atoms with Crippen molar-refractivity contribution in [2.24, 2.45) is 5.73 Å². The van der Waals surface area contributed by atoms with Crippen molar-refractivity contribution in [1.82, 2.24) is 0 Å². The van der Waals surface area contributed by atoms with Crippen molar-refractivity contribution in [2.45, 2.75) is 13.0 Å². The molecule has 2 nitrogen and oxygen atoms in total. The maximum absolute atomic E-state index is 5.71. The summed E-state index contributed by atoms with van der Waals surface area (Å²) in [6, 6.07) is 7.87. The first-order valence-electron chi connectivity index (χ1n) is 4.33. The Labute approximate surface area is 79.0 Å². The van der Waals surface area contributed by atoms with Crippen molar-refractivity contribution < 1.29 is 4.74 Å². The number of benzene rings is 1. The van der Waals surface area contributed by atoms with Crippen LogP contribution in [0.4, 0.5) is 0 Å². The molecule has 0 amide bonds. The summed E-state index contributed by atoms with van der Waals surface area (Å²) in [5, 5.41) is 0. The lowest BCUT2D eigenvalue weighted by atomic mass is 10.1. The Bertz CT molecular complexity index is 264. The second kappa shape index (κ2) is 4.67. The van der Waals surface area contributed by atoms with Gasteiger partial charge in [0.2, 0.25) is 0 Å². The molecule has 0 fully saturated rings. The zero-order valence-corrected chi connectivity index (χ0v) is 7.86. The lowest BCUT2D eigenvalue weighted by Gasteiger charge is -2.07. The average molecular weight is 177 g/mol. The maximum atomic E-state index is 5.71. The maximum Gasteiger partial charge on any atom is 0.119 e. The van der Waals surface area contributed by atoms with Gasteiger partial charge in [0.15, 0.2) is 0 Å². The largest absolute Gasteiger partial charge is 0.490 e. The summed E-state index contributed by atoms with van der Waals surface area (Å²) in [6.07, 6.45) is 1.72. The van der Waals surface area contributed by atoms with E-state index in [1.807, 2.05) is 31.2 Å². The van der Waals surface area contributed by atoms with Crippen LogP contribution in [0.15, 0.2) is 36.9 Å². The average Bonchev–Trinajstić information content (AvgIpc) is 2.15. The zero-order chi connectivity index (χ0) is 9.68. The topological polar surface area (TPSA) is 35.2 Å². The van der Waals surface area contributed by atoms with E-state index in [4.69, 9.17) is 10.5 Å². The Morgan fingerprint density at radius 2 is 2.08 bits per heavy atom. The van der Waals surface area contributed by atoms with Crippen LogP contribution in [0.3, 0.4) is 0 Å². The van der Waals surface area contributed by atoms with Gasteiger partial charge in [-0.1, -0.05) is 24.8 Å². The van der Waals surface area contributed by atoms with Gasteiger partial charge in [-0.15, -0.1) is 0 Å². The lowest BCUT2D eigenvalue weighted by Crippen LogP contribution is -2.04. The van der Waals surface area contributed by atoms with Crippen molar-refractivity contribution in [3.05, 3.63) is 42.5 Å². The van der Waals surface area contributed by atoms with E-state index in [9.17, 15) is 0 Å². The molecule has 1 aromatic carbocycles. The first-order valence-corrected chi connectivity index (χ1v) is 4.33. The molecule has 0 heterocycles. The van der Waals surface area contributed by atoms with Crippen LogP contribution in [0.5, 0.6) is 5.75 Å². The molecule has 13 heavy (non-hydrogen) atoms. The fourth-order valence-corrected chi connectivity index (χ4v) is 1.02. The predicted octanol–water partition coefficient (Wildman–Crippen LogP) is 2.27. The molecule has 0 aliphatic carbocycles. The monoisotopic (exact) mass is 177 g/mol. The Morgan fingerprint density at radius 3 is 2.54 bits per heavy atom. The molecule has 1 unspecified atom stereocenters. The second-order valence-corrected chi connectivity index (χ2v) is 2.96. The number of hydrogen-bond donors (Lipinski definition) is 1. The minimum absolute atomic E-state index is 0.0773. The molecule has 0 aromatic heterocycles. The molecular formula is C11H15NO. The summed E-state index contributed by atoms with van der Waals surface area (Å²) in [6.45, 7) is 6.07. The van der Waals surface area contributed by atoms with Crippen LogP contribution in [0.2, 0.25) is 0 Å². The van der Waals surface area contributed by atoms with E-state index in [0.717, 1.165) is 11.3 Å². The molecule has 0 aliphatic heterocycles. The number of ether oxygens (including phenoxy) is 1. The standard InChI is InChI=1S/C11H15NO/c1-3-8-13-11-6-4-10(5-7-11)9(2)12/h3-7,9H,1,8,12H2,2H3. The quantitative estimate of drug-likeness (QED) is 0.716. The molecule has 0 radical (unpaired) electrons. The van der Waals surface area contributed by atoms with Crippen LogP contribution in [0, 0.1) is 0 Å². The van der Waals surface area contributed by atoms with Gasteiger partial charge in [0, 0.05) is 6.04 Å². The molecule has 0 saturated heterocycles. The summed E-state index contributed by atoms with van der Waals surface area (Å²) in [4.78, 5) is 0. The van der Waals surface area contributed by atoms with Gasteiger partial charge in [-0.05, 0) is 24.6 Å². The SMILES string of the molecule is C=CCOc1ccc(C(C)N)cc1. The molecule has 1 atom stereocenters. The van der Waals surface area contributed by atoms with Crippen molar-refractivity contribution >= 4 is 0 Å². The highest BCUT2D eigenvalue weighted by molar-refractivity contribution is 5.28. The Morgan fingerprint density at radius 1 is 1.46 bits per heavy atom. The minimum Gasteiger partial charge on any atom is -0.490 e. The van der Waals surface area contributed by atoms with E-state index in [1.165, 1.54) is 0 Å². The minimum atomic E-state index is 0.0773. The van der Waals surface area contributed by atoms with Gasteiger partial charge in [0.25, 0.3) is 0 Å². The molecule has 0 aliphatic rings. The summed E-state index contributed by atoms with van der Waals surface area (Å²) < 4.78 is 5.33. The molecule has 0 saturated carbocycles. The van der Waals surface area contributed by atoms with Gasteiger partial charge >= 0.3 is 0 Å². The fourth-order valence-electron chi connectivity index (χ4n) is 1.02. The molecule has 0 spiro atoms. The highest BCUT2D eigenvalue weighted by Gasteiger charge is 1.98. The van der Waals surface area contributed by atoms with Crippen LogP contribution in [-0.4, -0.2) is 6.61 Å². The molecule has 0 bridgehead atoms. The third-order valence-electron chi connectivity index (χ3n) is 1.77. The lowest BCUT2D eigenvalue weighted by molar-refractivity contribution is 0.363. The molecule has 2 N–H and O–H groups in total. The van der Waals surface area contributed by atoms with E-state index in [2.05, 4.69) is 6.58 Å². The van der Waals surface area contributed by atoms with E-state index in [-0.39, 0.29) is 6.04 Å². The van der Waals surface area contributed by atoms with E-state index in [1.54, 1.807) is 6.08 Å². The van der Waals surface area contributed by atoms with Crippen LogP contribution in [-0.2, 0) is 0 Å².